The van der Waals surface area contributed by atoms with E-state index < -0.39 is 0 Å². The number of hydrogen-bond acceptors (Lipinski definition) is 4. The summed E-state index contributed by atoms with van der Waals surface area (Å²) in [6.07, 6.45) is 1.06. The molecule has 0 fully saturated rings. The lowest BCUT2D eigenvalue weighted by Crippen LogP contribution is -1.89. The Labute approximate surface area is 141 Å². The molecule has 0 aliphatic carbocycles. The van der Waals surface area contributed by atoms with Gasteiger partial charge in [0, 0.05) is 16.2 Å². The van der Waals surface area contributed by atoms with Gasteiger partial charge in [0.15, 0.2) is 5.16 Å². The van der Waals surface area contributed by atoms with Gasteiger partial charge in [0.05, 0.1) is 5.39 Å². The first-order valence-electron chi connectivity index (χ1n) is 6.95. The van der Waals surface area contributed by atoms with Crippen molar-refractivity contribution in [3.05, 3.63) is 40.1 Å². The zero-order chi connectivity index (χ0) is 15.7. The third-order valence-electron chi connectivity index (χ3n) is 3.23. The van der Waals surface area contributed by atoms with Crippen LogP contribution in [0.4, 0.5) is 4.39 Å². The smallest absolute Gasteiger partial charge is 0.190 e. The van der Waals surface area contributed by atoms with Crippen LogP contribution in [0.5, 0.6) is 0 Å². The van der Waals surface area contributed by atoms with Crippen molar-refractivity contribution in [2.75, 3.05) is 5.75 Å². The molecule has 2 heterocycles. The van der Waals surface area contributed by atoms with Crippen LogP contribution in [-0.2, 0) is 0 Å². The van der Waals surface area contributed by atoms with Gasteiger partial charge >= 0.3 is 0 Å². The molecule has 0 spiro atoms. The van der Waals surface area contributed by atoms with Gasteiger partial charge in [-0.15, -0.1) is 11.3 Å². The standard InChI is InChI=1S/C16H14ClFN2S2/c1-3-8-21-16-19-14(17)13-12(9(2)22-15(13)20-16)10-4-6-11(18)7-5-10/h4-7H,3,8H2,1-2H3. The molecule has 3 rings (SSSR count). The van der Waals surface area contributed by atoms with Crippen molar-refractivity contribution in [3.8, 4) is 11.1 Å². The monoisotopic (exact) mass is 352 g/mol. The highest BCUT2D eigenvalue weighted by Crippen LogP contribution is 2.41. The fourth-order valence-electron chi connectivity index (χ4n) is 2.27. The summed E-state index contributed by atoms with van der Waals surface area (Å²) in [5.74, 6) is 0.721. The van der Waals surface area contributed by atoms with Crippen molar-refractivity contribution in [1.29, 1.82) is 0 Å². The van der Waals surface area contributed by atoms with Gasteiger partial charge in [-0.25, -0.2) is 14.4 Å². The van der Waals surface area contributed by atoms with E-state index in [2.05, 4.69) is 16.9 Å². The third kappa shape index (κ3) is 2.98. The van der Waals surface area contributed by atoms with Gasteiger partial charge in [0.25, 0.3) is 0 Å². The van der Waals surface area contributed by atoms with Crippen molar-refractivity contribution in [3.63, 3.8) is 0 Å². The van der Waals surface area contributed by atoms with Crippen molar-refractivity contribution < 1.29 is 4.39 Å². The van der Waals surface area contributed by atoms with E-state index in [1.807, 2.05) is 6.92 Å². The Morgan fingerprint density at radius 2 is 1.95 bits per heavy atom. The molecule has 2 nitrogen and oxygen atoms in total. The lowest BCUT2D eigenvalue weighted by atomic mass is 10.0. The van der Waals surface area contributed by atoms with Crippen LogP contribution in [0.1, 0.15) is 18.2 Å². The van der Waals surface area contributed by atoms with E-state index in [4.69, 9.17) is 11.6 Å². The van der Waals surface area contributed by atoms with Crippen LogP contribution in [-0.4, -0.2) is 15.7 Å². The van der Waals surface area contributed by atoms with Crippen LogP contribution in [0.15, 0.2) is 29.4 Å². The third-order valence-corrected chi connectivity index (χ3v) is 5.56. The maximum absolute atomic E-state index is 13.1. The van der Waals surface area contributed by atoms with Crippen LogP contribution < -0.4 is 0 Å². The number of aromatic nitrogens is 2. The highest BCUT2D eigenvalue weighted by molar-refractivity contribution is 7.99. The van der Waals surface area contributed by atoms with E-state index in [-0.39, 0.29) is 5.82 Å². The number of nitrogens with zero attached hydrogens (tertiary/aromatic N) is 2. The van der Waals surface area contributed by atoms with Crippen LogP contribution in [0.25, 0.3) is 21.3 Å². The molecule has 0 aliphatic heterocycles. The fraction of sp³-hybridized carbons (Fsp3) is 0.250. The number of hydrogen-bond donors (Lipinski definition) is 0. The van der Waals surface area contributed by atoms with E-state index >= 15 is 0 Å². The molecule has 0 radical (unpaired) electrons. The molecule has 114 valence electrons. The second-order valence-electron chi connectivity index (χ2n) is 4.87. The van der Waals surface area contributed by atoms with Crippen LogP contribution in [0.2, 0.25) is 5.15 Å². The second kappa shape index (κ2) is 6.52. The average Bonchev–Trinajstić information content (AvgIpc) is 2.82. The number of fused-ring (bicyclic) bond motifs is 1. The Hall–Kier alpha value is -1.17. The minimum atomic E-state index is -0.249. The molecular weight excluding hydrogens is 339 g/mol. The summed E-state index contributed by atoms with van der Waals surface area (Å²) in [7, 11) is 0. The average molecular weight is 353 g/mol. The molecule has 0 unspecified atom stereocenters. The van der Waals surface area contributed by atoms with Gasteiger partial charge in [0.2, 0.25) is 0 Å². The first-order chi connectivity index (χ1) is 10.6. The molecule has 2 aromatic heterocycles. The molecule has 6 heteroatoms. The number of thioether (sulfide) groups is 1. The fourth-order valence-corrected chi connectivity index (χ4v) is 4.45. The number of rotatable bonds is 4. The molecule has 22 heavy (non-hydrogen) atoms. The van der Waals surface area contributed by atoms with E-state index in [0.29, 0.717) is 10.3 Å². The maximum atomic E-state index is 13.1. The Bertz CT molecular complexity index is 815. The Balaban J connectivity index is 2.15. The molecule has 0 atom stereocenters. The quantitative estimate of drug-likeness (QED) is 0.329. The molecule has 0 amide bonds. The van der Waals surface area contributed by atoms with Crippen molar-refractivity contribution in [2.24, 2.45) is 0 Å². The van der Waals surface area contributed by atoms with E-state index in [1.54, 1.807) is 35.2 Å². The normalized spacial score (nSPS) is 11.3. The first kappa shape index (κ1) is 15.7. The molecule has 0 saturated carbocycles. The van der Waals surface area contributed by atoms with Gasteiger partial charge in [-0.1, -0.05) is 42.4 Å². The minimum Gasteiger partial charge on any atom is -0.211 e. The Morgan fingerprint density at radius 1 is 1.23 bits per heavy atom. The predicted molar refractivity (Wildman–Crippen MR) is 93.6 cm³/mol. The Morgan fingerprint density at radius 3 is 2.64 bits per heavy atom. The molecule has 0 N–H and O–H groups in total. The molecular formula is C16H14ClFN2S2. The summed E-state index contributed by atoms with van der Waals surface area (Å²) in [5.41, 5.74) is 1.93. The summed E-state index contributed by atoms with van der Waals surface area (Å²) >= 11 is 9.62. The minimum absolute atomic E-state index is 0.249. The highest BCUT2D eigenvalue weighted by Gasteiger charge is 2.17. The van der Waals surface area contributed by atoms with Crippen LogP contribution in [0, 0.1) is 12.7 Å². The summed E-state index contributed by atoms with van der Waals surface area (Å²) in [4.78, 5) is 11.0. The lowest BCUT2D eigenvalue weighted by Gasteiger charge is -2.04. The largest absolute Gasteiger partial charge is 0.211 e. The predicted octanol–water partition coefficient (Wildman–Crippen LogP) is 5.96. The highest BCUT2D eigenvalue weighted by atomic mass is 35.5. The molecule has 1 aromatic carbocycles. The van der Waals surface area contributed by atoms with Crippen molar-refractivity contribution in [1.82, 2.24) is 9.97 Å². The summed E-state index contributed by atoms with van der Waals surface area (Å²) < 4.78 is 13.1. The first-order valence-corrected chi connectivity index (χ1v) is 9.13. The summed E-state index contributed by atoms with van der Waals surface area (Å²) in [6.45, 7) is 4.15. The molecule has 0 saturated heterocycles. The van der Waals surface area contributed by atoms with Crippen LogP contribution in [0.3, 0.4) is 0 Å². The molecule has 0 aliphatic rings. The SMILES string of the molecule is CCCSc1nc(Cl)c2c(-c3ccc(F)cc3)c(C)sc2n1. The van der Waals surface area contributed by atoms with Gasteiger partial charge in [-0.05, 0) is 31.0 Å². The second-order valence-corrected chi connectivity index (χ2v) is 7.49. The van der Waals surface area contributed by atoms with Crippen molar-refractivity contribution in [2.45, 2.75) is 25.4 Å². The van der Waals surface area contributed by atoms with E-state index in [0.717, 1.165) is 38.4 Å². The lowest BCUT2D eigenvalue weighted by molar-refractivity contribution is 0.628. The number of thiophene rings is 1. The summed E-state index contributed by atoms with van der Waals surface area (Å²) in [6, 6.07) is 6.44. The van der Waals surface area contributed by atoms with Crippen molar-refractivity contribution >= 4 is 44.9 Å². The molecule has 3 aromatic rings. The summed E-state index contributed by atoms with van der Waals surface area (Å²) in [5, 5.41) is 2.04. The van der Waals surface area contributed by atoms with E-state index in [9.17, 15) is 4.39 Å². The van der Waals surface area contributed by atoms with Gasteiger partial charge in [-0.2, -0.15) is 0 Å². The topological polar surface area (TPSA) is 25.8 Å². The van der Waals surface area contributed by atoms with E-state index in [1.165, 1.54) is 12.1 Å². The number of aryl methyl sites for hydroxylation is 1. The number of benzene rings is 1. The zero-order valence-electron chi connectivity index (χ0n) is 12.2. The van der Waals surface area contributed by atoms with Crippen LogP contribution >= 0.6 is 34.7 Å². The molecule has 0 bridgehead atoms. The van der Waals surface area contributed by atoms with Gasteiger partial charge in [0.1, 0.15) is 15.8 Å². The van der Waals surface area contributed by atoms with Gasteiger partial charge < -0.3 is 0 Å². The number of halogens is 2. The zero-order valence-corrected chi connectivity index (χ0v) is 14.6. The maximum Gasteiger partial charge on any atom is 0.190 e. The Kier molecular flexibility index (Phi) is 4.66. The van der Waals surface area contributed by atoms with Gasteiger partial charge in [-0.3, -0.25) is 0 Å².